The number of sulfonamides is 1. The molecule has 2 aromatic rings. The van der Waals surface area contributed by atoms with Gasteiger partial charge in [0.05, 0.1) is 10.3 Å². The molecule has 1 aromatic carbocycles. The van der Waals surface area contributed by atoms with Crippen molar-refractivity contribution in [2.45, 2.75) is 52.1 Å². The van der Waals surface area contributed by atoms with Gasteiger partial charge in [0, 0.05) is 18.4 Å². The van der Waals surface area contributed by atoms with Gasteiger partial charge in [-0.1, -0.05) is 12.1 Å². The summed E-state index contributed by atoms with van der Waals surface area (Å²) >= 11 is 0. The Morgan fingerprint density at radius 2 is 1.57 bits per heavy atom. The van der Waals surface area contributed by atoms with Gasteiger partial charge in [-0.25, -0.2) is 13.4 Å². The van der Waals surface area contributed by atoms with Crippen LogP contribution in [-0.2, 0) is 22.7 Å². The molecule has 0 amide bonds. The van der Waals surface area contributed by atoms with Crippen LogP contribution in [0.2, 0.25) is 0 Å². The maximum absolute atomic E-state index is 12.9. The van der Waals surface area contributed by atoms with Gasteiger partial charge in [-0.3, -0.25) is 4.72 Å². The first-order valence-electron chi connectivity index (χ1n) is 8.61. The molecule has 0 unspecified atom stereocenters. The highest BCUT2D eigenvalue weighted by atomic mass is 32.2. The summed E-state index contributed by atoms with van der Waals surface area (Å²) in [5, 5.41) is 3.02. The van der Waals surface area contributed by atoms with Crippen molar-refractivity contribution in [2.75, 3.05) is 10.0 Å². The Bertz CT molecular complexity index is 948. The van der Waals surface area contributed by atoms with Crippen molar-refractivity contribution in [1.29, 1.82) is 0 Å². The number of halogens is 3. The van der Waals surface area contributed by atoms with E-state index in [0.29, 0.717) is 23.6 Å². The Hall–Kier alpha value is -2.29. The molecule has 0 aliphatic heterocycles. The van der Waals surface area contributed by atoms with Crippen molar-refractivity contribution < 1.29 is 21.6 Å². The van der Waals surface area contributed by atoms with Crippen molar-refractivity contribution in [3.8, 4) is 0 Å². The number of alkyl halides is 3. The van der Waals surface area contributed by atoms with Crippen molar-refractivity contribution in [3.05, 3.63) is 52.7 Å². The average Bonchev–Trinajstić information content (AvgIpc) is 2.55. The first-order chi connectivity index (χ1) is 12.7. The van der Waals surface area contributed by atoms with Gasteiger partial charge in [-0.15, -0.1) is 0 Å². The number of aromatic nitrogens is 1. The molecule has 0 saturated heterocycles. The minimum atomic E-state index is -4.43. The van der Waals surface area contributed by atoms with Crippen LogP contribution in [0.3, 0.4) is 0 Å². The van der Waals surface area contributed by atoms with Crippen LogP contribution in [0, 0.1) is 13.8 Å². The molecule has 0 aliphatic carbocycles. The predicted octanol–water partition coefficient (Wildman–Crippen LogP) is 4.87. The highest BCUT2D eigenvalue weighted by Gasteiger charge is 2.33. The zero-order valence-corrected chi connectivity index (χ0v) is 17.2. The third-order valence-electron chi connectivity index (χ3n) is 4.42. The minimum Gasteiger partial charge on any atom is -0.366 e. The maximum atomic E-state index is 12.9. The van der Waals surface area contributed by atoms with Gasteiger partial charge >= 0.3 is 6.18 Å². The number of nitrogens with zero attached hydrogens (tertiary/aromatic N) is 1. The molecular formula is C19H24F3N3O2S. The van der Waals surface area contributed by atoms with Gasteiger partial charge in [-0.2, -0.15) is 13.2 Å². The first kappa shape index (κ1) is 22.0. The van der Waals surface area contributed by atoms with E-state index in [9.17, 15) is 21.6 Å². The summed E-state index contributed by atoms with van der Waals surface area (Å²) in [6.45, 7) is 8.16. The Morgan fingerprint density at radius 3 is 2.07 bits per heavy atom. The average molecular weight is 415 g/mol. The monoisotopic (exact) mass is 415 g/mol. The molecule has 0 radical (unpaired) electrons. The van der Waals surface area contributed by atoms with E-state index in [-0.39, 0.29) is 5.56 Å². The fourth-order valence-corrected chi connectivity index (χ4v) is 3.10. The van der Waals surface area contributed by atoms with Crippen molar-refractivity contribution in [1.82, 2.24) is 4.98 Å². The van der Waals surface area contributed by atoms with Crippen LogP contribution >= 0.6 is 0 Å². The largest absolute Gasteiger partial charge is 0.418 e. The third-order valence-corrected chi connectivity index (χ3v) is 6.54. The number of pyridine rings is 1. The molecule has 154 valence electrons. The number of benzene rings is 1. The van der Waals surface area contributed by atoms with Crippen molar-refractivity contribution >= 4 is 21.5 Å². The molecule has 0 saturated carbocycles. The molecule has 0 atom stereocenters. The Morgan fingerprint density at radius 1 is 1.00 bits per heavy atom. The van der Waals surface area contributed by atoms with Gasteiger partial charge in [-0.05, 0) is 63.4 Å². The number of nitrogens with one attached hydrogen (secondary N) is 2. The lowest BCUT2D eigenvalue weighted by molar-refractivity contribution is -0.138. The van der Waals surface area contributed by atoms with Gasteiger partial charge in [0.1, 0.15) is 5.82 Å². The van der Waals surface area contributed by atoms with Crippen LogP contribution in [0.25, 0.3) is 0 Å². The zero-order valence-electron chi connectivity index (χ0n) is 16.4. The summed E-state index contributed by atoms with van der Waals surface area (Å²) in [7, 11) is -3.51. The maximum Gasteiger partial charge on any atom is 0.418 e. The summed E-state index contributed by atoms with van der Waals surface area (Å²) < 4.78 is 64.7. The van der Waals surface area contributed by atoms with Gasteiger partial charge in [0.25, 0.3) is 0 Å². The molecule has 0 spiro atoms. The molecule has 0 aliphatic rings. The number of hydrogen-bond acceptors (Lipinski definition) is 4. The highest BCUT2D eigenvalue weighted by Crippen LogP contribution is 2.34. The number of rotatable bonds is 5. The van der Waals surface area contributed by atoms with Crippen LogP contribution in [0.5, 0.6) is 0 Å². The van der Waals surface area contributed by atoms with Crippen LogP contribution in [0.15, 0.2) is 30.5 Å². The van der Waals surface area contributed by atoms with Crippen molar-refractivity contribution in [3.63, 3.8) is 0 Å². The highest BCUT2D eigenvalue weighted by molar-refractivity contribution is 7.94. The minimum absolute atomic E-state index is 0.136. The van der Waals surface area contributed by atoms with E-state index < -0.39 is 26.5 Å². The first-order valence-corrected chi connectivity index (χ1v) is 10.1. The molecule has 5 nitrogen and oxygen atoms in total. The molecule has 1 aromatic heterocycles. The zero-order chi connectivity index (χ0) is 21.3. The summed E-state index contributed by atoms with van der Waals surface area (Å²) in [4.78, 5) is 3.89. The van der Waals surface area contributed by atoms with Crippen LogP contribution < -0.4 is 10.0 Å². The van der Waals surface area contributed by atoms with Crippen molar-refractivity contribution in [2.24, 2.45) is 0 Å². The summed E-state index contributed by atoms with van der Waals surface area (Å²) in [5.41, 5.74) is 1.10. The molecule has 2 N–H and O–H groups in total. The smallest absolute Gasteiger partial charge is 0.366 e. The molecule has 2 rings (SSSR count). The molecule has 1 heterocycles. The predicted molar refractivity (Wildman–Crippen MR) is 105 cm³/mol. The molecular weight excluding hydrogens is 391 g/mol. The van der Waals surface area contributed by atoms with Gasteiger partial charge in [0.15, 0.2) is 0 Å². The third kappa shape index (κ3) is 4.95. The lowest BCUT2D eigenvalue weighted by Gasteiger charge is -2.20. The molecule has 28 heavy (non-hydrogen) atoms. The van der Waals surface area contributed by atoms with Gasteiger partial charge < -0.3 is 5.32 Å². The Balaban J connectivity index is 2.09. The SMILES string of the molecule is Cc1c(C(F)(F)F)cnc(NCc2ccc(NS(=O)(=O)C(C)(C)C)cc2)c1C. The summed E-state index contributed by atoms with van der Waals surface area (Å²) in [6.07, 6.45) is -3.61. The fourth-order valence-electron chi connectivity index (χ4n) is 2.35. The second kappa shape index (κ2) is 7.62. The van der Waals surface area contributed by atoms with E-state index in [1.54, 1.807) is 52.0 Å². The van der Waals surface area contributed by atoms with Crippen LogP contribution in [-0.4, -0.2) is 18.1 Å². The normalized spacial score (nSPS) is 12.7. The van der Waals surface area contributed by atoms with E-state index in [1.165, 1.54) is 6.92 Å². The van der Waals surface area contributed by atoms with E-state index in [2.05, 4.69) is 15.0 Å². The van der Waals surface area contributed by atoms with Crippen LogP contribution in [0.1, 0.15) is 43.0 Å². The van der Waals surface area contributed by atoms with Crippen LogP contribution in [0.4, 0.5) is 24.7 Å². The quantitative estimate of drug-likeness (QED) is 0.731. The Labute approximate surface area is 163 Å². The Kier molecular flexibility index (Phi) is 5.98. The van der Waals surface area contributed by atoms with E-state index in [0.717, 1.165) is 11.8 Å². The van der Waals surface area contributed by atoms with E-state index >= 15 is 0 Å². The second-order valence-electron chi connectivity index (χ2n) is 7.54. The molecule has 0 fully saturated rings. The van der Waals surface area contributed by atoms with E-state index in [4.69, 9.17) is 0 Å². The number of anilines is 2. The second-order valence-corrected chi connectivity index (χ2v) is 9.97. The lowest BCUT2D eigenvalue weighted by Crippen LogP contribution is -2.33. The number of hydrogen-bond donors (Lipinski definition) is 2. The topological polar surface area (TPSA) is 71.1 Å². The molecule has 0 bridgehead atoms. The van der Waals surface area contributed by atoms with Gasteiger partial charge in [0.2, 0.25) is 10.0 Å². The molecule has 9 heteroatoms. The standard InChI is InChI=1S/C19H24F3N3O2S/c1-12-13(2)17(24-11-16(12)19(20,21)22)23-10-14-6-8-15(9-7-14)25-28(26,27)18(3,4)5/h6-9,11,25H,10H2,1-5H3,(H,23,24). The lowest BCUT2D eigenvalue weighted by atomic mass is 10.1. The van der Waals surface area contributed by atoms with E-state index in [1.807, 2.05) is 0 Å². The fraction of sp³-hybridized carbons (Fsp3) is 0.421. The summed E-state index contributed by atoms with van der Waals surface area (Å²) in [6, 6.07) is 6.75. The summed E-state index contributed by atoms with van der Waals surface area (Å²) in [5.74, 6) is 0.378.